The van der Waals surface area contributed by atoms with E-state index < -0.39 is 0 Å². The first-order chi connectivity index (χ1) is 8.83. The lowest BCUT2D eigenvalue weighted by Gasteiger charge is -2.02. The molecule has 0 aliphatic rings. The fourth-order valence-electron chi connectivity index (χ4n) is 1.59. The maximum Gasteiger partial charge on any atom is 0.251 e. The number of carbonyl (C=O) groups is 1. The van der Waals surface area contributed by atoms with Crippen molar-refractivity contribution in [2.75, 3.05) is 0 Å². The maximum absolute atomic E-state index is 11.9. The zero-order valence-electron chi connectivity index (χ0n) is 9.28. The van der Waals surface area contributed by atoms with Crippen molar-refractivity contribution >= 4 is 11.4 Å². The van der Waals surface area contributed by atoms with Gasteiger partial charge in [0.25, 0.3) is 5.91 Å². The molecule has 0 atom stereocenters. The molecule has 0 bridgehead atoms. The topological polar surface area (TPSA) is 85.3 Å². The van der Waals surface area contributed by atoms with Crippen LogP contribution < -0.4 is 5.32 Å². The van der Waals surface area contributed by atoms with Gasteiger partial charge in [0.1, 0.15) is 0 Å². The third kappa shape index (κ3) is 1.93. The Hall–Kier alpha value is -2.70. The molecule has 0 saturated carbocycles. The predicted octanol–water partition coefficient (Wildman–Crippen LogP) is 0.647. The van der Waals surface area contributed by atoms with Crippen molar-refractivity contribution in [3.63, 3.8) is 0 Å². The zero-order valence-corrected chi connectivity index (χ0v) is 9.28. The Morgan fingerprint density at radius 1 is 1.44 bits per heavy atom. The largest absolute Gasteiger partial charge is 0.345 e. The van der Waals surface area contributed by atoms with Crippen LogP contribution in [0.3, 0.4) is 0 Å². The van der Waals surface area contributed by atoms with E-state index in [0.29, 0.717) is 11.4 Å². The van der Waals surface area contributed by atoms with Crippen LogP contribution in [0.2, 0.25) is 0 Å². The first kappa shape index (κ1) is 10.5. The Morgan fingerprint density at radius 3 is 3.22 bits per heavy atom. The molecule has 90 valence electrons. The fourth-order valence-corrected chi connectivity index (χ4v) is 1.59. The molecule has 1 amide bonds. The van der Waals surface area contributed by atoms with Gasteiger partial charge < -0.3 is 9.84 Å². The molecule has 0 saturated heterocycles. The van der Waals surface area contributed by atoms with E-state index in [4.69, 9.17) is 0 Å². The van der Waals surface area contributed by atoms with E-state index in [2.05, 4.69) is 25.1 Å². The number of aromatic nitrogens is 4. The molecule has 0 unspecified atom stereocenters. The van der Waals surface area contributed by atoms with Gasteiger partial charge in [0.05, 0.1) is 12.1 Å². The summed E-state index contributed by atoms with van der Waals surface area (Å²) in [5.74, 6) is 0.247. The van der Waals surface area contributed by atoms with Crippen LogP contribution in [0.5, 0.6) is 0 Å². The third-order valence-electron chi connectivity index (χ3n) is 2.48. The maximum atomic E-state index is 11.9. The van der Waals surface area contributed by atoms with Crippen LogP contribution in [0, 0.1) is 0 Å². The second-order valence-corrected chi connectivity index (χ2v) is 3.65. The molecule has 1 N–H and O–H groups in total. The molecule has 0 aliphatic heterocycles. The molecule has 0 fully saturated rings. The molecule has 18 heavy (non-hydrogen) atoms. The molecule has 3 aromatic heterocycles. The molecule has 0 spiro atoms. The Bertz CT molecular complexity index is 674. The van der Waals surface area contributed by atoms with Gasteiger partial charge in [-0.1, -0.05) is 5.16 Å². The molecule has 3 rings (SSSR count). The molecular formula is C11H9N5O2. The highest BCUT2D eigenvalue weighted by molar-refractivity contribution is 5.95. The second-order valence-electron chi connectivity index (χ2n) is 3.65. The fraction of sp³-hybridized carbons (Fsp3) is 0.0909. The van der Waals surface area contributed by atoms with Gasteiger partial charge >= 0.3 is 0 Å². The predicted molar refractivity (Wildman–Crippen MR) is 60.7 cm³/mol. The minimum Gasteiger partial charge on any atom is -0.345 e. The van der Waals surface area contributed by atoms with Crippen LogP contribution in [0.4, 0.5) is 0 Å². The minimum atomic E-state index is -0.191. The molecule has 0 aliphatic carbocycles. The first-order valence-electron chi connectivity index (χ1n) is 5.30. The van der Waals surface area contributed by atoms with E-state index in [0.717, 1.165) is 5.52 Å². The van der Waals surface area contributed by atoms with Crippen molar-refractivity contribution in [1.82, 2.24) is 25.1 Å². The SMILES string of the molecule is O=C(NCc1ncon1)c1ccn2nccc2c1. The number of rotatable bonds is 3. The first-order valence-corrected chi connectivity index (χ1v) is 5.30. The van der Waals surface area contributed by atoms with Crippen molar-refractivity contribution in [2.45, 2.75) is 6.54 Å². The van der Waals surface area contributed by atoms with Crippen molar-refractivity contribution < 1.29 is 9.32 Å². The number of pyridine rings is 1. The van der Waals surface area contributed by atoms with Gasteiger partial charge in [0.15, 0.2) is 5.82 Å². The molecular weight excluding hydrogens is 234 g/mol. The number of amides is 1. The van der Waals surface area contributed by atoms with E-state index in [-0.39, 0.29) is 12.5 Å². The van der Waals surface area contributed by atoms with E-state index in [1.54, 1.807) is 29.0 Å². The average molecular weight is 243 g/mol. The van der Waals surface area contributed by atoms with Gasteiger partial charge in [-0.05, 0) is 18.2 Å². The molecule has 0 radical (unpaired) electrons. The minimum absolute atomic E-state index is 0.191. The monoisotopic (exact) mass is 243 g/mol. The summed E-state index contributed by atoms with van der Waals surface area (Å²) in [5.41, 5.74) is 1.42. The van der Waals surface area contributed by atoms with Gasteiger partial charge in [0.2, 0.25) is 6.39 Å². The van der Waals surface area contributed by atoms with Gasteiger partial charge in [-0.25, -0.2) is 4.52 Å². The quantitative estimate of drug-likeness (QED) is 0.729. The lowest BCUT2D eigenvalue weighted by Crippen LogP contribution is -2.23. The van der Waals surface area contributed by atoms with Crippen LogP contribution in [-0.2, 0) is 6.54 Å². The summed E-state index contributed by atoms with van der Waals surface area (Å²) in [4.78, 5) is 15.7. The molecule has 3 aromatic rings. The van der Waals surface area contributed by atoms with Crippen molar-refractivity contribution in [2.24, 2.45) is 0 Å². The summed E-state index contributed by atoms with van der Waals surface area (Å²) in [5, 5.41) is 10.4. The smallest absolute Gasteiger partial charge is 0.251 e. The average Bonchev–Trinajstić information content (AvgIpc) is 3.05. The number of fused-ring (bicyclic) bond motifs is 1. The summed E-state index contributed by atoms with van der Waals surface area (Å²) < 4.78 is 6.27. The van der Waals surface area contributed by atoms with E-state index in [1.807, 2.05) is 6.07 Å². The summed E-state index contributed by atoms with van der Waals surface area (Å²) in [6.07, 6.45) is 4.63. The summed E-state index contributed by atoms with van der Waals surface area (Å²) in [7, 11) is 0. The summed E-state index contributed by atoms with van der Waals surface area (Å²) in [6.45, 7) is 0.236. The van der Waals surface area contributed by atoms with Gasteiger partial charge in [-0.2, -0.15) is 10.1 Å². The normalized spacial score (nSPS) is 10.7. The zero-order chi connectivity index (χ0) is 12.4. The Kier molecular flexibility index (Phi) is 2.49. The van der Waals surface area contributed by atoms with Crippen LogP contribution in [0.1, 0.15) is 16.2 Å². The van der Waals surface area contributed by atoms with Crippen LogP contribution in [0.25, 0.3) is 5.52 Å². The molecule has 7 heteroatoms. The molecule has 3 heterocycles. The Balaban J connectivity index is 1.75. The number of hydrogen-bond acceptors (Lipinski definition) is 5. The number of hydrogen-bond donors (Lipinski definition) is 1. The van der Waals surface area contributed by atoms with Crippen molar-refractivity contribution in [3.8, 4) is 0 Å². The highest BCUT2D eigenvalue weighted by Gasteiger charge is 2.07. The van der Waals surface area contributed by atoms with Crippen molar-refractivity contribution in [1.29, 1.82) is 0 Å². The van der Waals surface area contributed by atoms with Crippen LogP contribution in [0.15, 0.2) is 41.5 Å². The van der Waals surface area contributed by atoms with Gasteiger partial charge in [-0.3, -0.25) is 4.79 Å². The Labute approximate surface area is 101 Å². The standard InChI is InChI=1S/C11H9N5O2/c17-11(12-6-10-13-7-18-15-10)8-2-4-16-9(5-8)1-3-14-16/h1-5,7H,6H2,(H,12,17). The lowest BCUT2D eigenvalue weighted by atomic mass is 10.2. The van der Waals surface area contributed by atoms with Crippen LogP contribution in [-0.4, -0.2) is 25.7 Å². The number of nitrogens with zero attached hydrogens (tertiary/aromatic N) is 4. The second kappa shape index (κ2) is 4.28. The van der Waals surface area contributed by atoms with E-state index in [1.165, 1.54) is 6.39 Å². The van der Waals surface area contributed by atoms with Gasteiger partial charge in [-0.15, -0.1) is 0 Å². The molecule has 0 aromatic carbocycles. The Morgan fingerprint density at radius 2 is 2.39 bits per heavy atom. The van der Waals surface area contributed by atoms with Crippen LogP contribution >= 0.6 is 0 Å². The highest BCUT2D eigenvalue weighted by Crippen LogP contribution is 2.06. The van der Waals surface area contributed by atoms with Crippen molar-refractivity contribution in [3.05, 3.63) is 48.4 Å². The lowest BCUT2D eigenvalue weighted by molar-refractivity contribution is 0.0949. The van der Waals surface area contributed by atoms with Gasteiger partial charge in [0, 0.05) is 18.0 Å². The third-order valence-corrected chi connectivity index (χ3v) is 2.48. The number of carbonyl (C=O) groups excluding carboxylic acids is 1. The molecule has 7 nitrogen and oxygen atoms in total. The summed E-state index contributed by atoms with van der Waals surface area (Å²) >= 11 is 0. The number of nitrogens with one attached hydrogen (secondary N) is 1. The van der Waals surface area contributed by atoms with E-state index >= 15 is 0 Å². The highest BCUT2D eigenvalue weighted by atomic mass is 16.5. The summed E-state index contributed by atoms with van der Waals surface area (Å²) in [6, 6.07) is 5.29. The van der Waals surface area contributed by atoms with E-state index in [9.17, 15) is 4.79 Å².